The molecule has 40 heavy (non-hydrogen) atoms. The van der Waals surface area contributed by atoms with Gasteiger partial charge in [0.05, 0.1) is 17.7 Å². The Hall–Kier alpha value is -3.33. The molecule has 0 aliphatic carbocycles. The second-order valence-electron chi connectivity index (χ2n) is 10.8. The first kappa shape index (κ1) is 29.6. The highest BCUT2D eigenvalue weighted by Crippen LogP contribution is 2.37. The third-order valence-electron chi connectivity index (χ3n) is 7.81. The first-order valence-corrected chi connectivity index (χ1v) is 14.7. The Morgan fingerprint density at radius 3 is 2.45 bits per heavy atom. The van der Waals surface area contributed by atoms with Crippen LogP contribution in [0, 0.1) is 5.92 Å². The number of hydrogen-bond donors (Lipinski definition) is 2. The lowest BCUT2D eigenvalue weighted by molar-refractivity contribution is -0.141. The van der Waals surface area contributed by atoms with Crippen molar-refractivity contribution in [3.05, 3.63) is 41.6 Å². The van der Waals surface area contributed by atoms with Crippen LogP contribution in [0.25, 0.3) is 0 Å². The fraction of sp³-hybridized carbons (Fsp3) is 0.560. The van der Waals surface area contributed by atoms with E-state index >= 15 is 0 Å². The van der Waals surface area contributed by atoms with E-state index in [1.165, 1.54) is 18.3 Å². The number of nitrogens with one attached hydrogen (secondary N) is 1. The van der Waals surface area contributed by atoms with Crippen molar-refractivity contribution < 1.29 is 36.3 Å². The molecule has 1 unspecified atom stereocenters. The second-order valence-corrected chi connectivity index (χ2v) is 12.5. The average Bonchev–Trinajstić information content (AvgIpc) is 3.53. The largest absolute Gasteiger partial charge is 0.481 e. The van der Waals surface area contributed by atoms with Crippen LogP contribution in [0.15, 0.2) is 30.5 Å². The fourth-order valence-corrected chi connectivity index (χ4v) is 5.67. The number of likely N-dealkylation sites (tertiary alicyclic amines) is 1. The molecule has 15 heteroatoms. The van der Waals surface area contributed by atoms with Crippen molar-refractivity contribution in [2.24, 2.45) is 5.92 Å². The van der Waals surface area contributed by atoms with Gasteiger partial charge in [0.1, 0.15) is 0 Å². The Morgan fingerprint density at radius 2 is 1.88 bits per heavy atom. The van der Waals surface area contributed by atoms with Gasteiger partial charge in [-0.3, -0.25) is 14.4 Å². The molecule has 2 aliphatic heterocycles. The van der Waals surface area contributed by atoms with Crippen LogP contribution in [0.3, 0.4) is 0 Å². The Balaban J connectivity index is 1.45. The van der Waals surface area contributed by atoms with Crippen molar-refractivity contribution in [3.63, 3.8) is 0 Å². The lowest BCUT2D eigenvalue weighted by atomic mass is 9.87. The molecule has 0 bridgehead atoms. The quantitative estimate of drug-likeness (QED) is 0.507. The highest BCUT2D eigenvalue weighted by Gasteiger charge is 2.38. The van der Waals surface area contributed by atoms with Crippen molar-refractivity contribution in [1.29, 1.82) is 0 Å². The van der Waals surface area contributed by atoms with Crippen LogP contribution in [0.5, 0.6) is 0 Å². The molecule has 0 radical (unpaired) electrons. The highest BCUT2D eigenvalue weighted by atomic mass is 32.2. The van der Waals surface area contributed by atoms with Crippen molar-refractivity contribution in [2.75, 3.05) is 49.1 Å². The summed E-state index contributed by atoms with van der Waals surface area (Å²) in [6.07, 6.45) is -0.606. The number of carboxylic acids is 1. The number of carbonyl (C=O) groups is 2. The number of carboxylic acid groups (broad SMARTS) is 1. The SMILES string of the molecule is CN(Cc1ccc(C(F)(F)F)cc1N1CCC(C(=O)O)C1)C1(C)CCN(C(=O)n2ccc(NS(C)(=O)=O)n2)CC1. The Morgan fingerprint density at radius 1 is 1.20 bits per heavy atom. The zero-order chi connectivity index (χ0) is 29.5. The van der Waals surface area contributed by atoms with Gasteiger partial charge in [-0.25, -0.2) is 13.2 Å². The van der Waals surface area contributed by atoms with E-state index in [1.54, 1.807) is 9.80 Å². The number of sulfonamides is 1. The number of halogens is 3. The van der Waals surface area contributed by atoms with E-state index in [-0.39, 0.29) is 17.9 Å². The van der Waals surface area contributed by atoms with Crippen LogP contribution >= 0.6 is 0 Å². The maximum absolute atomic E-state index is 13.5. The molecular formula is C25H33F3N6O5S. The third-order valence-corrected chi connectivity index (χ3v) is 8.39. The van der Waals surface area contributed by atoms with E-state index in [1.807, 2.05) is 14.0 Å². The summed E-state index contributed by atoms with van der Waals surface area (Å²) < 4.78 is 66.7. The number of alkyl halides is 3. The molecule has 1 aromatic heterocycles. The molecule has 1 amide bonds. The van der Waals surface area contributed by atoms with Crippen LogP contribution in [-0.4, -0.2) is 90.1 Å². The molecule has 2 aliphatic rings. The van der Waals surface area contributed by atoms with Crippen LogP contribution in [0.1, 0.15) is 37.3 Å². The fourth-order valence-electron chi connectivity index (χ4n) is 5.18. The van der Waals surface area contributed by atoms with Gasteiger partial charge in [-0.05, 0) is 50.9 Å². The maximum Gasteiger partial charge on any atom is 0.416 e. The lowest BCUT2D eigenvalue weighted by Crippen LogP contribution is -2.53. The number of rotatable bonds is 7. The van der Waals surface area contributed by atoms with Gasteiger partial charge in [-0.15, -0.1) is 5.10 Å². The van der Waals surface area contributed by atoms with Gasteiger partial charge in [0, 0.05) is 56.2 Å². The number of aliphatic carboxylic acids is 1. The summed E-state index contributed by atoms with van der Waals surface area (Å²) in [7, 11) is -1.64. The van der Waals surface area contributed by atoms with Gasteiger partial charge < -0.3 is 14.9 Å². The summed E-state index contributed by atoms with van der Waals surface area (Å²) in [5, 5.41) is 13.4. The molecule has 220 valence electrons. The number of benzene rings is 1. The molecule has 11 nitrogen and oxygen atoms in total. The van der Waals surface area contributed by atoms with Crippen molar-refractivity contribution in [2.45, 2.75) is 44.4 Å². The number of carbonyl (C=O) groups excluding carboxylic acids is 1. The van der Waals surface area contributed by atoms with Gasteiger partial charge >= 0.3 is 18.2 Å². The topological polar surface area (TPSA) is 128 Å². The average molecular weight is 587 g/mol. The van der Waals surface area contributed by atoms with E-state index < -0.39 is 39.7 Å². The van der Waals surface area contributed by atoms with Gasteiger partial charge in [-0.2, -0.15) is 17.9 Å². The number of piperidine rings is 1. The predicted molar refractivity (Wildman–Crippen MR) is 142 cm³/mol. The van der Waals surface area contributed by atoms with Crippen LogP contribution < -0.4 is 9.62 Å². The van der Waals surface area contributed by atoms with E-state index in [4.69, 9.17) is 0 Å². The van der Waals surface area contributed by atoms with Crippen LogP contribution in [-0.2, 0) is 27.5 Å². The van der Waals surface area contributed by atoms with Gasteiger partial charge in [0.2, 0.25) is 10.0 Å². The molecule has 2 fully saturated rings. The molecule has 2 N–H and O–H groups in total. The molecule has 4 rings (SSSR count). The normalized spacial score (nSPS) is 19.7. The van der Waals surface area contributed by atoms with Gasteiger partial charge in [0.25, 0.3) is 0 Å². The Bertz CT molecular complexity index is 1370. The molecule has 3 heterocycles. The number of aromatic nitrogens is 2. The predicted octanol–water partition coefficient (Wildman–Crippen LogP) is 3.14. The minimum Gasteiger partial charge on any atom is -0.481 e. The zero-order valence-electron chi connectivity index (χ0n) is 22.5. The number of anilines is 2. The summed E-state index contributed by atoms with van der Waals surface area (Å²) in [6.45, 7) is 3.69. The monoisotopic (exact) mass is 586 g/mol. The van der Waals surface area contributed by atoms with E-state index in [0.29, 0.717) is 56.7 Å². The van der Waals surface area contributed by atoms with E-state index in [2.05, 4.69) is 14.7 Å². The molecule has 0 spiro atoms. The van der Waals surface area contributed by atoms with Crippen LogP contribution in [0.4, 0.5) is 29.5 Å². The minimum absolute atomic E-state index is 0.0393. The Labute approximate surface area is 230 Å². The summed E-state index contributed by atoms with van der Waals surface area (Å²) in [5.41, 5.74) is -0.0832. The first-order valence-electron chi connectivity index (χ1n) is 12.8. The molecule has 2 saturated heterocycles. The van der Waals surface area contributed by atoms with Crippen molar-refractivity contribution in [1.82, 2.24) is 19.6 Å². The molecule has 2 aromatic rings. The molecule has 0 saturated carbocycles. The number of hydrogen-bond acceptors (Lipinski definition) is 7. The summed E-state index contributed by atoms with van der Waals surface area (Å²) >= 11 is 0. The molecule has 1 atom stereocenters. The summed E-state index contributed by atoms with van der Waals surface area (Å²) in [4.78, 5) is 29.8. The van der Waals surface area contributed by atoms with E-state index in [0.717, 1.165) is 23.1 Å². The summed E-state index contributed by atoms with van der Waals surface area (Å²) in [6, 6.07) is 4.62. The molecular weight excluding hydrogens is 553 g/mol. The van der Waals surface area contributed by atoms with Gasteiger partial charge in [0.15, 0.2) is 5.82 Å². The zero-order valence-corrected chi connectivity index (χ0v) is 23.3. The Kier molecular flexibility index (Phi) is 8.09. The maximum atomic E-state index is 13.5. The number of amides is 1. The highest BCUT2D eigenvalue weighted by molar-refractivity contribution is 7.92. The second kappa shape index (κ2) is 10.9. The summed E-state index contributed by atoms with van der Waals surface area (Å²) in [5.74, 6) is -1.55. The smallest absolute Gasteiger partial charge is 0.416 e. The molecule has 1 aromatic carbocycles. The van der Waals surface area contributed by atoms with Crippen molar-refractivity contribution >= 4 is 33.5 Å². The van der Waals surface area contributed by atoms with Crippen LogP contribution in [0.2, 0.25) is 0 Å². The standard InChI is InChI=1S/C25H33F3N6O5S/c1-24(8-12-32(13-9-24)23(37)34-11-7-21(29-34)30-40(3,38)39)31(2)15-17-4-5-19(25(26,27)28)14-20(17)33-10-6-18(16-33)22(35)36/h4-5,7,11,14,18H,6,8-10,12-13,15-16H2,1-3H3,(H,29,30)(H,35,36). The first-order chi connectivity index (χ1) is 18.6. The van der Waals surface area contributed by atoms with Crippen molar-refractivity contribution in [3.8, 4) is 0 Å². The lowest BCUT2D eigenvalue weighted by Gasteiger charge is -2.45. The van der Waals surface area contributed by atoms with Gasteiger partial charge in [-0.1, -0.05) is 6.07 Å². The minimum atomic E-state index is -4.52. The number of nitrogens with zero attached hydrogens (tertiary/aromatic N) is 5. The van der Waals surface area contributed by atoms with E-state index in [9.17, 15) is 36.3 Å². The third kappa shape index (κ3) is 6.69.